The van der Waals surface area contributed by atoms with Crippen LogP contribution in [0.4, 0.5) is 0 Å². The van der Waals surface area contributed by atoms with Crippen LogP contribution < -0.4 is 10.6 Å². The predicted octanol–water partition coefficient (Wildman–Crippen LogP) is 4.25. The highest BCUT2D eigenvalue weighted by Gasteiger charge is 2.25. The molecule has 0 radical (unpaired) electrons. The molecule has 0 spiro atoms. The van der Waals surface area contributed by atoms with Crippen molar-refractivity contribution >= 4 is 18.5 Å². The molecule has 0 nitrogen and oxygen atoms in total. The van der Waals surface area contributed by atoms with Crippen molar-refractivity contribution in [2.75, 3.05) is 0 Å². The normalized spacial score (nSPS) is 15.9. The van der Waals surface area contributed by atoms with Crippen molar-refractivity contribution in [3.05, 3.63) is 85.0 Å². The Morgan fingerprint density at radius 1 is 0.750 bits per heavy atom. The van der Waals surface area contributed by atoms with Gasteiger partial charge in [-0.2, -0.15) is 0 Å². The third kappa shape index (κ3) is 2.76. The number of benzene rings is 2. The molecule has 3 rings (SSSR count). The number of hydrogen-bond donors (Lipinski definition) is 0. The molecule has 0 fully saturated rings. The summed E-state index contributed by atoms with van der Waals surface area (Å²) in [6.45, 7) is 2.39. The van der Waals surface area contributed by atoms with Crippen LogP contribution in [0.2, 0.25) is 0 Å². The molecule has 0 N–H and O–H groups in total. The van der Waals surface area contributed by atoms with E-state index in [0.29, 0.717) is 11.6 Å². The Labute approximate surface area is 122 Å². The summed E-state index contributed by atoms with van der Waals surface area (Å²) >= 11 is 0. The molecule has 1 aliphatic rings. The summed E-state index contributed by atoms with van der Waals surface area (Å²) in [5.41, 5.74) is 0.616. The fraction of sp³-hybridized carbons (Fsp3) is 0.158. The van der Waals surface area contributed by atoms with Crippen LogP contribution in [0.25, 0.3) is 0 Å². The van der Waals surface area contributed by atoms with E-state index in [1.165, 1.54) is 10.6 Å². The zero-order valence-corrected chi connectivity index (χ0v) is 12.6. The summed E-state index contributed by atoms with van der Waals surface area (Å²) in [6, 6.07) is 21.9. The van der Waals surface area contributed by atoms with Gasteiger partial charge < -0.3 is 0 Å². The van der Waals surface area contributed by atoms with Gasteiger partial charge in [-0.05, 0) is 24.2 Å². The van der Waals surface area contributed by atoms with E-state index in [-0.39, 0.29) is 7.92 Å². The second-order valence-electron chi connectivity index (χ2n) is 5.13. The first-order valence-corrected chi connectivity index (χ1v) is 8.51. The molecule has 2 aromatic rings. The summed E-state index contributed by atoms with van der Waals surface area (Å²) in [5.74, 6) is 0.557. The topological polar surface area (TPSA) is 0 Å². The molecular weight excluding hydrogens is 259 g/mol. The van der Waals surface area contributed by atoms with Gasteiger partial charge >= 0.3 is 0 Å². The molecule has 1 aliphatic carbocycles. The van der Waals surface area contributed by atoms with Gasteiger partial charge in [-0.15, -0.1) is 0 Å². The van der Waals surface area contributed by atoms with Gasteiger partial charge in [-0.1, -0.05) is 91.9 Å². The maximum absolute atomic E-state index is 2.39. The predicted molar refractivity (Wildman–Crippen MR) is 90.3 cm³/mol. The van der Waals surface area contributed by atoms with Gasteiger partial charge in [0.15, 0.2) is 0 Å². The second-order valence-corrected chi connectivity index (χ2v) is 7.72. The maximum atomic E-state index is 2.39. The molecule has 0 saturated heterocycles. The maximum Gasteiger partial charge on any atom is 0.00237 e. The molecule has 1 heteroatoms. The summed E-state index contributed by atoms with van der Waals surface area (Å²) in [4.78, 5) is 0. The first-order valence-electron chi connectivity index (χ1n) is 7.10. The average Bonchev–Trinajstić information content (AvgIpc) is 3.04. The highest BCUT2D eigenvalue weighted by atomic mass is 31.1. The van der Waals surface area contributed by atoms with Crippen LogP contribution in [0.15, 0.2) is 85.0 Å². The third-order valence-corrected chi connectivity index (χ3v) is 6.68. The van der Waals surface area contributed by atoms with Crippen molar-refractivity contribution in [3.8, 4) is 0 Å². The number of rotatable bonds is 4. The SMILES string of the molecule is C[C@@H](C1C=CC=C1)P(c1ccccc1)c1ccccc1. The Bertz CT molecular complexity index is 547. The Kier molecular flexibility index (Phi) is 4.14. The molecule has 0 bridgehead atoms. The van der Waals surface area contributed by atoms with E-state index >= 15 is 0 Å². The Hall–Kier alpha value is -1.65. The van der Waals surface area contributed by atoms with Crippen molar-refractivity contribution < 1.29 is 0 Å². The fourth-order valence-electron chi connectivity index (χ4n) is 2.74. The molecule has 100 valence electrons. The van der Waals surface area contributed by atoms with Crippen molar-refractivity contribution in [1.82, 2.24) is 0 Å². The van der Waals surface area contributed by atoms with E-state index in [4.69, 9.17) is 0 Å². The Morgan fingerprint density at radius 3 is 1.65 bits per heavy atom. The molecule has 0 heterocycles. The lowest BCUT2D eigenvalue weighted by Gasteiger charge is -2.28. The van der Waals surface area contributed by atoms with Crippen molar-refractivity contribution in [3.63, 3.8) is 0 Å². The first kappa shape index (κ1) is 13.3. The molecule has 0 aromatic heterocycles. The molecule has 20 heavy (non-hydrogen) atoms. The van der Waals surface area contributed by atoms with Crippen molar-refractivity contribution in [1.29, 1.82) is 0 Å². The standard InChI is InChI=1S/C19H19P/c1-16(17-10-8-9-11-17)20(18-12-4-2-5-13-18)19-14-6-3-7-15-19/h2-17H,1H3/t16-/m0/s1. The van der Waals surface area contributed by atoms with Crippen LogP contribution in [-0.4, -0.2) is 5.66 Å². The largest absolute Gasteiger partial charge is 0.0770 e. The van der Waals surface area contributed by atoms with E-state index in [9.17, 15) is 0 Å². The summed E-state index contributed by atoms with van der Waals surface area (Å²) in [5, 5.41) is 2.94. The zero-order chi connectivity index (χ0) is 13.8. The molecule has 0 saturated carbocycles. The van der Waals surface area contributed by atoms with E-state index in [0.717, 1.165) is 0 Å². The Balaban J connectivity index is 2.00. The van der Waals surface area contributed by atoms with E-state index < -0.39 is 0 Å². The molecule has 1 atom stereocenters. The van der Waals surface area contributed by atoms with Gasteiger partial charge in [-0.3, -0.25) is 0 Å². The molecule has 2 aromatic carbocycles. The number of allylic oxidation sites excluding steroid dienone is 4. The van der Waals surface area contributed by atoms with E-state index in [2.05, 4.69) is 91.9 Å². The summed E-state index contributed by atoms with van der Waals surface area (Å²) in [7, 11) is -0.326. The van der Waals surface area contributed by atoms with Crippen LogP contribution in [0.5, 0.6) is 0 Å². The molecule has 0 amide bonds. The van der Waals surface area contributed by atoms with Crippen molar-refractivity contribution in [2.45, 2.75) is 12.6 Å². The van der Waals surface area contributed by atoms with Crippen LogP contribution in [-0.2, 0) is 0 Å². The van der Waals surface area contributed by atoms with E-state index in [1.54, 1.807) is 0 Å². The van der Waals surface area contributed by atoms with Gasteiger partial charge in [-0.25, -0.2) is 0 Å². The minimum absolute atomic E-state index is 0.326. The summed E-state index contributed by atoms with van der Waals surface area (Å²) in [6.07, 6.45) is 8.99. The third-order valence-electron chi connectivity index (χ3n) is 3.81. The van der Waals surface area contributed by atoms with Gasteiger partial charge in [0.05, 0.1) is 0 Å². The fourth-order valence-corrected chi connectivity index (χ4v) is 5.51. The Morgan fingerprint density at radius 2 is 1.20 bits per heavy atom. The smallest absolute Gasteiger partial charge is 0.00237 e. The highest BCUT2D eigenvalue weighted by molar-refractivity contribution is 7.73. The monoisotopic (exact) mass is 278 g/mol. The van der Waals surface area contributed by atoms with Gasteiger partial charge in [0.2, 0.25) is 0 Å². The average molecular weight is 278 g/mol. The van der Waals surface area contributed by atoms with Crippen LogP contribution >= 0.6 is 7.92 Å². The lowest BCUT2D eigenvalue weighted by atomic mass is 10.1. The minimum Gasteiger partial charge on any atom is -0.0770 e. The quantitative estimate of drug-likeness (QED) is 0.733. The number of hydrogen-bond acceptors (Lipinski definition) is 0. The van der Waals surface area contributed by atoms with Gasteiger partial charge in [0.25, 0.3) is 0 Å². The first-order chi connectivity index (χ1) is 9.86. The van der Waals surface area contributed by atoms with E-state index in [1.807, 2.05) is 0 Å². The van der Waals surface area contributed by atoms with Crippen LogP contribution in [0.1, 0.15) is 6.92 Å². The lowest BCUT2D eigenvalue weighted by molar-refractivity contribution is 0.798. The van der Waals surface area contributed by atoms with Gasteiger partial charge in [0, 0.05) is 5.92 Å². The van der Waals surface area contributed by atoms with Crippen LogP contribution in [0, 0.1) is 5.92 Å². The molecular formula is C19H19P. The van der Waals surface area contributed by atoms with Crippen molar-refractivity contribution in [2.24, 2.45) is 5.92 Å². The van der Waals surface area contributed by atoms with Gasteiger partial charge in [0.1, 0.15) is 0 Å². The zero-order valence-electron chi connectivity index (χ0n) is 11.7. The minimum atomic E-state index is -0.326. The molecule has 0 aliphatic heterocycles. The highest BCUT2D eigenvalue weighted by Crippen LogP contribution is 2.44. The van der Waals surface area contributed by atoms with Crippen LogP contribution in [0.3, 0.4) is 0 Å². The lowest BCUT2D eigenvalue weighted by Crippen LogP contribution is -2.23. The molecule has 0 unspecified atom stereocenters. The summed E-state index contributed by atoms with van der Waals surface area (Å²) < 4.78 is 0. The second kappa shape index (κ2) is 6.20.